The van der Waals surface area contributed by atoms with Crippen molar-refractivity contribution in [2.45, 2.75) is 39.0 Å². The third-order valence-corrected chi connectivity index (χ3v) is 3.90. The molecule has 102 valence electrons. The number of methoxy groups -OCH3 is 1. The Bertz CT molecular complexity index is 516. The standard InChI is InChI=1S/C14H18N2O3/c1-9-4-3-5-16(9)13-11(14(17)18-2)6-10-7-19-8-12(10)15-13/h6,9H,3-5,7-8H2,1-2H3/t9-/m1/s1. The lowest BCUT2D eigenvalue weighted by molar-refractivity contribution is 0.0601. The van der Waals surface area contributed by atoms with Crippen molar-refractivity contribution in [1.29, 1.82) is 0 Å². The van der Waals surface area contributed by atoms with Crippen LogP contribution >= 0.6 is 0 Å². The van der Waals surface area contributed by atoms with Crippen LogP contribution in [0.25, 0.3) is 0 Å². The highest BCUT2D eigenvalue weighted by Crippen LogP contribution is 2.31. The van der Waals surface area contributed by atoms with Gasteiger partial charge in [-0.3, -0.25) is 0 Å². The summed E-state index contributed by atoms with van der Waals surface area (Å²) < 4.78 is 10.3. The van der Waals surface area contributed by atoms with Gasteiger partial charge in [0.25, 0.3) is 0 Å². The van der Waals surface area contributed by atoms with E-state index in [0.29, 0.717) is 24.8 Å². The molecule has 0 aliphatic carbocycles. The summed E-state index contributed by atoms with van der Waals surface area (Å²) in [6.45, 7) is 4.17. The molecule has 0 bridgehead atoms. The quantitative estimate of drug-likeness (QED) is 0.762. The van der Waals surface area contributed by atoms with Crippen LogP contribution in [0.4, 0.5) is 5.82 Å². The molecule has 0 spiro atoms. The van der Waals surface area contributed by atoms with Gasteiger partial charge in [-0.25, -0.2) is 9.78 Å². The van der Waals surface area contributed by atoms with E-state index in [9.17, 15) is 4.79 Å². The first-order chi connectivity index (χ1) is 9.20. The zero-order valence-electron chi connectivity index (χ0n) is 11.3. The van der Waals surface area contributed by atoms with E-state index in [1.165, 1.54) is 7.11 Å². The maximum atomic E-state index is 12.0. The van der Waals surface area contributed by atoms with Gasteiger partial charge in [0.05, 0.1) is 26.0 Å². The molecule has 0 saturated carbocycles. The zero-order chi connectivity index (χ0) is 13.4. The van der Waals surface area contributed by atoms with Crippen molar-refractivity contribution in [3.05, 3.63) is 22.9 Å². The molecule has 0 unspecified atom stereocenters. The molecule has 5 nitrogen and oxygen atoms in total. The second kappa shape index (κ2) is 4.81. The molecule has 19 heavy (non-hydrogen) atoms. The summed E-state index contributed by atoms with van der Waals surface area (Å²) in [5.41, 5.74) is 2.50. The van der Waals surface area contributed by atoms with Gasteiger partial charge in [-0.15, -0.1) is 0 Å². The second-order valence-electron chi connectivity index (χ2n) is 5.13. The first-order valence-electron chi connectivity index (χ1n) is 6.66. The van der Waals surface area contributed by atoms with Crippen molar-refractivity contribution in [1.82, 2.24) is 4.98 Å². The maximum absolute atomic E-state index is 12.0. The molecule has 3 heterocycles. The van der Waals surface area contributed by atoms with Crippen LogP contribution in [0.3, 0.4) is 0 Å². The topological polar surface area (TPSA) is 51.7 Å². The molecule has 0 amide bonds. The van der Waals surface area contributed by atoms with Crippen LogP contribution in [0.2, 0.25) is 0 Å². The summed E-state index contributed by atoms with van der Waals surface area (Å²) in [6, 6.07) is 2.29. The van der Waals surface area contributed by atoms with E-state index >= 15 is 0 Å². The van der Waals surface area contributed by atoms with Gasteiger partial charge in [0, 0.05) is 18.2 Å². The highest BCUT2D eigenvalue weighted by molar-refractivity contribution is 5.95. The van der Waals surface area contributed by atoms with Crippen molar-refractivity contribution in [3.63, 3.8) is 0 Å². The smallest absolute Gasteiger partial charge is 0.341 e. The number of carbonyl (C=O) groups is 1. The molecule has 0 N–H and O–H groups in total. The number of carbonyl (C=O) groups excluding carboxylic acids is 1. The number of pyridine rings is 1. The lowest BCUT2D eigenvalue weighted by Gasteiger charge is -2.25. The number of ether oxygens (including phenoxy) is 2. The third-order valence-electron chi connectivity index (χ3n) is 3.90. The number of esters is 1. The van der Waals surface area contributed by atoms with Gasteiger partial charge >= 0.3 is 5.97 Å². The van der Waals surface area contributed by atoms with Crippen LogP contribution in [-0.2, 0) is 22.7 Å². The fourth-order valence-corrected chi connectivity index (χ4v) is 2.82. The minimum absolute atomic E-state index is 0.323. The Morgan fingerprint density at radius 3 is 3.05 bits per heavy atom. The van der Waals surface area contributed by atoms with Gasteiger partial charge in [-0.05, 0) is 25.8 Å². The molecule has 1 aromatic rings. The molecule has 0 aromatic carbocycles. The van der Waals surface area contributed by atoms with Gasteiger partial charge < -0.3 is 14.4 Å². The molecule has 3 rings (SSSR count). The molecule has 1 atom stereocenters. The molecule has 1 saturated heterocycles. The Morgan fingerprint density at radius 1 is 1.53 bits per heavy atom. The number of hydrogen-bond acceptors (Lipinski definition) is 5. The van der Waals surface area contributed by atoms with Crippen LogP contribution in [0.5, 0.6) is 0 Å². The normalized spacial score (nSPS) is 21.6. The van der Waals surface area contributed by atoms with E-state index in [0.717, 1.165) is 36.5 Å². The van der Waals surface area contributed by atoms with Crippen LogP contribution in [0, 0.1) is 0 Å². The average Bonchev–Trinajstić information content (AvgIpc) is 3.04. The Morgan fingerprint density at radius 2 is 2.37 bits per heavy atom. The van der Waals surface area contributed by atoms with Crippen molar-refractivity contribution in [2.75, 3.05) is 18.6 Å². The van der Waals surface area contributed by atoms with Gasteiger partial charge in [0.15, 0.2) is 0 Å². The maximum Gasteiger partial charge on any atom is 0.341 e. The Balaban J connectivity index is 2.07. The van der Waals surface area contributed by atoms with E-state index in [2.05, 4.69) is 16.8 Å². The summed E-state index contributed by atoms with van der Waals surface area (Å²) in [5, 5.41) is 0. The third kappa shape index (κ3) is 2.08. The monoisotopic (exact) mass is 262 g/mol. The predicted octanol–water partition coefficient (Wildman–Crippen LogP) is 1.89. The summed E-state index contributed by atoms with van der Waals surface area (Å²) in [6.07, 6.45) is 2.27. The average molecular weight is 262 g/mol. The molecule has 2 aliphatic rings. The number of hydrogen-bond donors (Lipinski definition) is 0. The second-order valence-corrected chi connectivity index (χ2v) is 5.13. The van der Waals surface area contributed by atoms with E-state index < -0.39 is 0 Å². The van der Waals surface area contributed by atoms with Crippen molar-refractivity contribution < 1.29 is 14.3 Å². The first-order valence-corrected chi connectivity index (χ1v) is 6.66. The lowest BCUT2D eigenvalue weighted by atomic mass is 10.1. The summed E-state index contributed by atoms with van der Waals surface area (Å²) in [4.78, 5) is 18.8. The van der Waals surface area contributed by atoms with E-state index in [1.54, 1.807) is 0 Å². The predicted molar refractivity (Wildman–Crippen MR) is 70.1 cm³/mol. The molecule has 0 radical (unpaired) electrons. The minimum atomic E-state index is -0.323. The van der Waals surface area contributed by atoms with Gasteiger partial charge in [0.1, 0.15) is 11.4 Å². The van der Waals surface area contributed by atoms with Crippen LogP contribution in [0.1, 0.15) is 41.4 Å². The molecular weight excluding hydrogens is 244 g/mol. The number of fused-ring (bicyclic) bond motifs is 1. The number of rotatable bonds is 2. The van der Waals surface area contributed by atoms with Gasteiger partial charge in [-0.2, -0.15) is 0 Å². The van der Waals surface area contributed by atoms with Crippen molar-refractivity contribution in [2.24, 2.45) is 0 Å². The highest BCUT2D eigenvalue weighted by atomic mass is 16.5. The first kappa shape index (κ1) is 12.4. The zero-order valence-corrected chi connectivity index (χ0v) is 11.3. The Labute approximate surface area is 112 Å². The number of nitrogens with zero attached hydrogens (tertiary/aromatic N) is 2. The van der Waals surface area contributed by atoms with Crippen LogP contribution < -0.4 is 4.90 Å². The van der Waals surface area contributed by atoms with Gasteiger partial charge in [0.2, 0.25) is 0 Å². The van der Waals surface area contributed by atoms with Crippen LogP contribution in [0.15, 0.2) is 6.07 Å². The largest absolute Gasteiger partial charge is 0.465 e. The fraction of sp³-hybridized carbons (Fsp3) is 0.571. The van der Waals surface area contributed by atoms with Crippen LogP contribution in [-0.4, -0.2) is 30.6 Å². The van der Waals surface area contributed by atoms with E-state index in [-0.39, 0.29) is 5.97 Å². The molecular formula is C14H18N2O3. The lowest BCUT2D eigenvalue weighted by Crippen LogP contribution is -2.29. The van der Waals surface area contributed by atoms with Crippen molar-refractivity contribution >= 4 is 11.8 Å². The minimum Gasteiger partial charge on any atom is -0.465 e. The molecule has 1 fully saturated rings. The molecule has 1 aromatic heterocycles. The summed E-state index contributed by atoms with van der Waals surface area (Å²) in [7, 11) is 1.41. The Kier molecular flexibility index (Phi) is 3.14. The molecule has 2 aliphatic heterocycles. The molecule has 5 heteroatoms. The summed E-state index contributed by atoms with van der Waals surface area (Å²) >= 11 is 0. The summed E-state index contributed by atoms with van der Waals surface area (Å²) in [5.74, 6) is 0.428. The number of anilines is 1. The van der Waals surface area contributed by atoms with E-state index in [4.69, 9.17) is 9.47 Å². The highest BCUT2D eigenvalue weighted by Gasteiger charge is 2.29. The van der Waals surface area contributed by atoms with Gasteiger partial charge in [-0.1, -0.05) is 0 Å². The fourth-order valence-electron chi connectivity index (χ4n) is 2.82. The van der Waals surface area contributed by atoms with E-state index in [1.807, 2.05) is 6.07 Å². The van der Waals surface area contributed by atoms with Crippen molar-refractivity contribution in [3.8, 4) is 0 Å². The Hall–Kier alpha value is -1.62. The SMILES string of the molecule is COC(=O)c1cc2c(nc1N1CCC[C@H]1C)COC2. The number of aromatic nitrogens is 1.